The zero-order chi connectivity index (χ0) is 19.1. The van der Waals surface area contributed by atoms with Crippen molar-refractivity contribution >= 4 is 28.5 Å². The van der Waals surface area contributed by atoms with Crippen molar-refractivity contribution in [1.82, 2.24) is 5.32 Å². The third kappa shape index (κ3) is 5.60. The number of rotatable bonds is 8. The highest BCUT2D eigenvalue weighted by Crippen LogP contribution is 2.31. The summed E-state index contributed by atoms with van der Waals surface area (Å²) in [6, 6.07) is 11.5. The molecule has 2 rings (SSSR count). The number of methoxy groups -OCH3 is 2. The second-order valence-electron chi connectivity index (χ2n) is 6.05. The fourth-order valence-electron chi connectivity index (χ4n) is 2.32. The minimum atomic E-state index is -0.150. The van der Waals surface area contributed by atoms with E-state index in [2.05, 4.69) is 27.9 Å². The Kier molecular flexibility index (Phi) is 7.71. The van der Waals surface area contributed by atoms with E-state index in [4.69, 9.17) is 14.2 Å². The standard InChI is InChI=1S/C20H24INO4/c1-13(2)26-12-15-7-5-14(6-8-15)11-22-20(23)16-9-18(24-3)19(25-4)10-17(16)21/h5-10,13H,11-12H2,1-4H3,(H,22,23). The molecule has 0 saturated carbocycles. The molecule has 140 valence electrons. The van der Waals surface area contributed by atoms with Crippen LogP contribution in [0.3, 0.4) is 0 Å². The highest BCUT2D eigenvalue weighted by atomic mass is 127. The topological polar surface area (TPSA) is 56.8 Å². The number of benzene rings is 2. The number of carbonyl (C=O) groups is 1. The molecule has 2 aromatic rings. The summed E-state index contributed by atoms with van der Waals surface area (Å²) in [5.74, 6) is 0.989. The zero-order valence-corrected chi connectivity index (χ0v) is 17.6. The molecule has 0 unspecified atom stereocenters. The minimum absolute atomic E-state index is 0.150. The number of halogens is 1. The fourth-order valence-corrected chi connectivity index (χ4v) is 3.01. The normalized spacial score (nSPS) is 10.7. The number of amides is 1. The molecule has 0 fully saturated rings. The van der Waals surface area contributed by atoms with E-state index < -0.39 is 0 Å². The number of carbonyl (C=O) groups excluding carboxylic acids is 1. The lowest BCUT2D eigenvalue weighted by molar-refractivity contribution is 0.0657. The Bertz CT molecular complexity index is 744. The van der Waals surface area contributed by atoms with Gasteiger partial charge in [-0.25, -0.2) is 0 Å². The molecule has 5 nitrogen and oxygen atoms in total. The van der Waals surface area contributed by atoms with Gasteiger partial charge in [0.15, 0.2) is 11.5 Å². The van der Waals surface area contributed by atoms with Crippen LogP contribution in [0.4, 0.5) is 0 Å². The summed E-state index contributed by atoms with van der Waals surface area (Å²) < 4.78 is 16.9. The first-order valence-corrected chi connectivity index (χ1v) is 9.41. The number of nitrogens with one attached hydrogen (secondary N) is 1. The van der Waals surface area contributed by atoms with E-state index in [0.717, 1.165) is 14.7 Å². The van der Waals surface area contributed by atoms with Gasteiger partial charge in [0.1, 0.15) is 0 Å². The van der Waals surface area contributed by atoms with Crippen molar-refractivity contribution in [2.75, 3.05) is 14.2 Å². The lowest BCUT2D eigenvalue weighted by Crippen LogP contribution is -2.23. The molecule has 0 spiro atoms. The molecule has 0 saturated heterocycles. The van der Waals surface area contributed by atoms with Gasteiger partial charge in [-0.3, -0.25) is 4.79 Å². The first-order chi connectivity index (χ1) is 12.4. The van der Waals surface area contributed by atoms with E-state index in [1.807, 2.05) is 38.1 Å². The number of ether oxygens (including phenoxy) is 3. The van der Waals surface area contributed by atoms with Gasteiger partial charge in [-0.2, -0.15) is 0 Å². The van der Waals surface area contributed by atoms with Gasteiger partial charge in [-0.05, 0) is 59.7 Å². The molecule has 0 aromatic heterocycles. The van der Waals surface area contributed by atoms with Crippen LogP contribution in [-0.2, 0) is 17.9 Å². The Labute approximate surface area is 168 Å². The van der Waals surface area contributed by atoms with Crippen molar-refractivity contribution in [1.29, 1.82) is 0 Å². The maximum atomic E-state index is 12.5. The van der Waals surface area contributed by atoms with Gasteiger partial charge in [-0.1, -0.05) is 24.3 Å². The van der Waals surface area contributed by atoms with Crippen molar-refractivity contribution in [3.63, 3.8) is 0 Å². The van der Waals surface area contributed by atoms with Crippen LogP contribution in [0, 0.1) is 3.57 Å². The van der Waals surface area contributed by atoms with Crippen LogP contribution in [0.1, 0.15) is 35.3 Å². The average molecular weight is 469 g/mol. The monoisotopic (exact) mass is 469 g/mol. The van der Waals surface area contributed by atoms with Crippen molar-refractivity contribution in [3.05, 3.63) is 56.7 Å². The third-order valence-electron chi connectivity index (χ3n) is 3.78. The van der Waals surface area contributed by atoms with Crippen molar-refractivity contribution in [2.45, 2.75) is 33.1 Å². The van der Waals surface area contributed by atoms with Crippen LogP contribution < -0.4 is 14.8 Å². The summed E-state index contributed by atoms with van der Waals surface area (Å²) in [4.78, 5) is 12.5. The van der Waals surface area contributed by atoms with Crippen LogP contribution in [0.5, 0.6) is 11.5 Å². The SMILES string of the molecule is COc1cc(I)c(C(=O)NCc2ccc(COC(C)C)cc2)cc1OC. The van der Waals surface area contributed by atoms with Crippen LogP contribution in [-0.4, -0.2) is 26.2 Å². The Morgan fingerprint density at radius 1 is 1.04 bits per heavy atom. The molecular weight excluding hydrogens is 445 g/mol. The predicted molar refractivity (Wildman–Crippen MR) is 110 cm³/mol. The van der Waals surface area contributed by atoms with Gasteiger partial charge in [0.05, 0.1) is 32.5 Å². The van der Waals surface area contributed by atoms with E-state index in [-0.39, 0.29) is 12.0 Å². The molecule has 6 heteroatoms. The van der Waals surface area contributed by atoms with Crippen LogP contribution >= 0.6 is 22.6 Å². The average Bonchev–Trinajstić information content (AvgIpc) is 2.64. The smallest absolute Gasteiger partial charge is 0.252 e. The summed E-state index contributed by atoms with van der Waals surface area (Å²) >= 11 is 2.12. The van der Waals surface area contributed by atoms with E-state index in [1.165, 1.54) is 0 Å². The quantitative estimate of drug-likeness (QED) is 0.590. The molecule has 0 aliphatic rings. The molecule has 0 radical (unpaired) electrons. The summed E-state index contributed by atoms with van der Waals surface area (Å²) in [6.45, 7) is 5.07. The van der Waals surface area contributed by atoms with E-state index in [9.17, 15) is 4.79 Å². The van der Waals surface area contributed by atoms with Gasteiger partial charge >= 0.3 is 0 Å². The second kappa shape index (κ2) is 9.78. The van der Waals surface area contributed by atoms with Crippen LogP contribution in [0.2, 0.25) is 0 Å². The molecule has 26 heavy (non-hydrogen) atoms. The lowest BCUT2D eigenvalue weighted by atomic mass is 10.1. The molecule has 1 N–H and O–H groups in total. The zero-order valence-electron chi connectivity index (χ0n) is 15.5. The highest BCUT2D eigenvalue weighted by Gasteiger charge is 2.15. The Balaban J connectivity index is 2.00. The molecular formula is C20H24INO4. The van der Waals surface area contributed by atoms with Gasteiger partial charge in [0, 0.05) is 10.1 Å². The maximum Gasteiger partial charge on any atom is 0.252 e. The van der Waals surface area contributed by atoms with E-state index in [1.54, 1.807) is 26.4 Å². The van der Waals surface area contributed by atoms with Crippen LogP contribution in [0.25, 0.3) is 0 Å². The summed E-state index contributed by atoms with van der Waals surface area (Å²) in [7, 11) is 3.13. The fraction of sp³-hybridized carbons (Fsp3) is 0.350. The van der Waals surface area contributed by atoms with E-state index >= 15 is 0 Å². The van der Waals surface area contributed by atoms with Crippen LogP contribution in [0.15, 0.2) is 36.4 Å². The summed E-state index contributed by atoms with van der Waals surface area (Å²) in [5.41, 5.74) is 2.70. The summed E-state index contributed by atoms with van der Waals surface area (Å²) in [5, 5.41) is 2.94. The third-order valence-corrected chi connectivity index (χ3v) is 4.67. The molecule has 0 aliphatic heterocycles. The molecule has 2 aromatic carbocycles. The van der Waals surface area contributed by atoms with Gasteiger partial charge in [0.2, 0.25) is 0 Å². The predicted octanol–water partition coefficient (Wildman–Crippen LogP) is 4.16. The first-order valence-electron chi connectivity index (χ1n) is 8.33. The maximum absolute atomic E-state index is 12.5. The van der Waals surface area contributed by atoms with Gasteiger partial charge in [0.25, 0.3) is 5.91 Å². The van der Waals surface area contributed by atoms with Crippen molar-refractivity contribution in [2.24, 2.45) is 0 Å². The second-order valence-corrected chi connectivity index (χ2v) is 7.21. The van der Waals surface area contributed by atoms with Gasteiger partial charge < -0.3 is 19.5 Å². The van der Waals surface area contributed by atoms with Gasteiger partial charge in [-0.15, -0.1) is 0 Å². The minimum Gasteiger partial charge on any atom is -0.493 e. The molecule has 0 heterocycles. The van der Waals surface area contributed by atoms with Crippen molar-refractivity contribution in [3.8, 4) is 11.5 Å². The first kappa shape index (κ1) is 20.5. The Morgan fingerprint density at radius 2 is 1.62 bits per heavy atom. The summed E-state index contributed by atoms with van der Waals surface area (Å²) in [6.07, 6.45) is 0.206. The molecule has 1 amide bonds. The largest absolute Gasteiger partial charge is 0.493 e. The molecule has 0 atom stereocenters. The molecule has 0 aliphatic carbocycles. The Hall–Kier alpha value is -1.80. The Morgan fingerprint density at radius 3 is 2.19 bits per heavy atom. The van der Waals surface area contributed by atoms with Crippen molar-refractivity contribution < 1.29 is 19.0 Å². The van der Waals surface area contributed by atoms with E-state index in [0.29, 0.717) is 30.2 Å². The highest BCUT2D eigenvalue weighted by molar-refractivity contribution is 14.1. The number of hydrogen-bond donors (Lipinski definition) is 1. The lowest BCUT2D eigenvalue weighted by Gasteiger charge is -2.12. The molecule has 0 bridgehead atoms. The number of hydrogen-bond acceptors (Lipinski definition) is 4.